The highest BCUT2D eigenvalue weighted by atomic mass is 32.1. The Balaban J connectivity index is 1.26. The van der Waals surface area contributed by atoms with Crippen LogP contribution < -0.4 is 14.8 Å². The summed E-state index contributed by atoms with van der Waals surface area (Å²) in [6.07, 6.45) is 5.96. The van der Waals surface area contributed by atoms with Crippen molar-refractivity contribution in [1.29, 1.82) is 0 Å². The fourth-order valence-corrected chi connectivity index (χ4v) is 6.62. The molecule has 0 bridgehead atoms. The molecule has 0 spiro atoms. The van der Waals surface area contributed by atoms with Gasteiger partial charge in [0.1, 0.15) is 18.8 Å². The van der Waals surface area contributed by atoms with Crippen LogP contribution >= 0.6 is 11.3 Å². The van der Waals surface area contributed by atoms with E-state index in [2.05, 4.69) is 33.4 Å². The minimum absolute atomic E-state index is 0.109. The van der Waals surface area contributed by atoms with E-state index in [1.807, 2.05) is 29.6 Å². The first-order valence-corrected chi connectivity index (χ1v) is 14.1. The maximum Gasteiger partial charge on any atom is 0.187 e. The van der Waals surface area contributed by atoms with Crippen molar-refractivity contribution in [2.24, 2.45) is 0 Å². The number of nitrogens with one attached hydrogen (secondary N) is 1. The zero-order chi connectivity index (χ0) is 24.5. The van der Waals surface area contributed by atoms with Gasteiger partial charge in [-0.2, -0.15) is 16.4 Å². The summed E-state index contributed by atoms with van der Waals surface area (Å²) in [6, 6.07) is 9.31. The molecule has 190 valence electrons. The minimum atomic E-state index is -0.522. The number of ether oxygens (including phenoxy) is 2. The Morgan fingerprint density at radius 3 is 2.86 bits per heavy atom. The number of benzene rings is 1. The maximum absolute atomic E-state index is 14.1. The Bertz CT molecular complexity index is 1220. The standard InChI is InChI=1S/C28H34N4O3S/c1-31-11-12-32-20(15-31)13-24(30-32)27(29-14-21-16-34-25-9-5-6-10-26(25)35-21)28(33)23-18-36-17-22(23)19-7-3-2-4-8-19/h5-6,9-10,13,17-19,21,27,29H,2-4,7-8,11-12,14-16H2,1H3. The van der Waals surface area contributed by atoms with Crippen molar-refractivity contribution in [3.8, 4) is 11.5 Å². The van der Waals surface area contributed by atoms with E-state index < -0.39 is 6.04 Å². The second-order valence-electron chi connectivity index (χ2n) is 10.3. The Morgan fingerprint density at radius 2 is 2.00 bits per heavy atom. The molecule has 6 rings (SSSR count). The van der Waals surface area contributed by atoms with Crippen molar-refractivity contribution < 1.29 is 14.3 Å². The van der Waals surface area contributed by atoms with Crippen LogP contribution in [0.25, 0.3) is 0 Å². The molecule has 2 aliphatic heterocycles. The zero-order valence-corrected chi connectivity index (χ0v) is 21.6. The monoisotopic (exact) mass is 506 g/mol. The van der Waals surface area contributed by atoms with Crippen LogP contribution in [0.1, 0.15) is 71.4 Å². The summed E-state index contributed by atoms with van der Waals surface area (Å²) < 4.78 is 14.1. The first-order valence-electron chi connectivity index (χ1n) is 13.1. The molecule has 1 saturated carbocycles. The Kier molecular flexibility index (Phi) is 6.82. The van der Waals surface area contributed by atoms with Crippen LogP contribution in [0, 0.1) is 0 Å². The third kappa shape index (κ3) is 4.82. The molecule has 2 unspecified atom stereocenters. The van der Waals surface area contributed by atoms with E-state index in [1.54, 1.807) is 11.3 Å². The average molecular weight is 507 g/mol. The lowest BCUT2D eigenvalue weighted by atomic mass is 9.82. The van der Waals surface area contributed by atoms with Crippen molar-refractivity contribution in [3.63, 3.8) is 0 Å². The summed E-state index contributed by atoms with van der Waals surface area (Å²) >= 11 is 1.64. The van der Waals surface area contributed by atoms with E-state index in [4.69, 9.17) is 14.6 Å². The third-order valence-corrected chi connectivity index (χ3v) is 8.45. The highest BCUT2D eigenvalue weighted by Crippen LogP contribution is 2.38. The highest BCUT2D eigenvalue weighted by Gasteiger charge is 2.32. The molecule has 1 N–H and O–H groups in total. The SMILES string of the molecule is CN1CCn2nc(C(NCC3COc4ccccc4O3)C(=O)c3cscc3C3CCCCC3)cc2C1. The number of likely N-dealkylation sites (N-methyl/N-ethyl adjacent to an activating group) is 1. The number of hydrogen-bond donors (Lipinski definition) is 1. The van der Waals surface area contributed by atoms with Crippen LogP contribution in [0.2, 0.25) is 0 Å². The quantitative estimate of drug-likeness (QED) is 0.465. The number of carbonyl (C=O) groups excluding carboxylic acids is 1. The Labute approximate surface area is 216 Å². The van der Waals surface area contributed by atoms with Gasteiger partial charge in [0.25, 0.3) is 0 Å². The van der Waals surface area contributed by atoms with E-state index in [-0.39, 0.29) is 11.9 Å². The lowest BCUT2D eigenvalue weighted by Gasteiger charge is -2.28. The summed E-state index contributed by atoms with van der Waals surface area (Å²) in [6.45, 7) is 3.59. The van der Waals surface area contributed by atoms with Crippen LogP contribution in [0.5, 0.6) is 11.5 Å². The van der Waals surface area contributed by atoms with Crippen molar-refractivity contribution in [2.75, 3.05) is 26.7 Å². The molecule has 1 aromatic carbocycles. The minimum Gasteiger partial charge on any atom is -0.486 e. The maximum atomic E-state index is 14.1. The number of aromatic nitrogens is 2. The second kappa shape index (κ2) is 10.4. The van der Waals surface area contributed by atoms with Gasteiger partial charge in [0.2, 0.25) is 0 Å². The van der Waals surface area contributed by atoms with Crippen LogP contribution in [0.3, 0.4) is 0 Å². The topological polar surface area (TPSA) is 68.6 Å². The second-order valence-corrected chi connectivity index (χ2v) is 11.0. The predicted octanol–water partition coefficient (Wildman–Crippen LogP) is 4.79. The number of Topliss-reactive ketones (excluding diaryl/α,β-unsaturated/α-hetero) is 1. The van der Waals surface area contributed by atoms with E-state index >= 15 is 0 Å². The summed E-state index contributed by atoms with van der Waals surface area (Å²) in [5, 5.41) is 12.7. The average Bonchev–Trinajstić information content (AvgIpc) is 3.56. The van der Waals surface area contributed by atoms with Gasteiger partial charge >= 0.3 is 0 Å². The number of ketones is 1. The summed E-state index contributed by atoms with van der Waals surface area (Å²) in [4.78, 5) is 16.4. The molecule has 8 heteroatoms. The number of carbonyl (C=O) groups is 1. The van der Waals surface area contributed by atoms with Crippen molar-refractivity contribution in [2.45, 2.75) is 63.3 Å². The Hall–Kier alpha value is -2.68. The number of thiophene rings is 1. The molecule has 4 heterocycles. The molecular weight excluding hydrogens is 472 g/mol. The van der Waals surface area contributed by atoms with Gasteiger partial charge in [-0.15, -0.1) is 0 Å². The molecule has 7 nitrogen and oxygen atoms in total. The van der Waals surface area contributed by atoms with Gasteiger partial charge in [0.05, 0.1) is 17.9 Å². The first kappa shape index (κ1) is 23.7. The van der Waals surface area contributed by atoms with Crippen molar-refractivity contribution in [1.82, 2.24) is 20.0 Å². The fourth-order valence-electron chi connectivity index (χ4n) is 5.70. The number of rotatable bonds is 7. The van der Waals surface area contributed by atoms with Gasteiger partial charge in [0.15, 0.2) is 17.3 Å². The molecule has 0 saturated heterocycles. The van der Waals surface area contributed by atoms with Gasteiger partial charge in [-0.25, -0.2) is 0 Å². The first-order chi connectivity index (χ1) is 17.7. The Morgan fingerprint density at radius 1 is 1.17 bits per heavy atom. The molecule has 0 amide bonds. The normalized spacial score (nSPS) is 21.2. The number of nitrogens with zero attached hydrogens (tertiary/aromatic N) is 3. The number of hydrogen-bond acceptors (Lipinski definition) is 7. The summed E-state index contributed by atoms with van der Waals surface area (Å²) in [5.74, 6) is 2.11. The van der Waals surface area contributed by atoms with Gasteiger partial charge in [0, 0.05) is 30.6 Å². The van der Waals surface area contributed by atoms with Gasteiger partial charge in [-0.05, 0) is 54.9 Å². The van der Waals surface area contributed by atoms with Gasteiger partial charge < -0.3 is 9.47 Å². The predicted molar refractivity (Wildman–Crippen MR) is 140 cm³/mol. The van der Waals surface area contributed by atoms with Crippen LogP contribution in [-0.2, 0) is 13.1 Å². The van der Waals surface area contributed by atoms with E-state index in [1.165, 1.54) is 37.7 Å². The largest absolute Gasteiger partial charge is 0.486 e. The van der Waals surface area contributed by atoms with Gasteiger partial charge in [-0.1, -0.05) is 31.4 Å². The van der Waals surface area contributed by atoms with Crippen molar-refractivity contribution in [3.05, 3.63) is 63.6 Å². The smallest absolute Gasteiger partial charge is 0.187 e. The molecular formula is C28H34N4O3S. The zero-order valence-electron chi connectivity index (χ0n) is 20.8. The molecule has 1 fully saturated rings. The van der Waals surface area contributed by atoms with Crippen LogP contribution in [0.15, 0.2) is 41.1 Å². The molecule has 2 atom stereocenters. The molecule has 0 radical (unpaired) electrons. The fraction of sp³-hybridized carbons (Fsp3) is 0.500. The van der Waals surface area contributed by atoms with E-state index in [0.717, 1.165) is 48.1 Å². The molecule has 36 heavy (non-hydrogen) atoms. The lowest BCUT2D eigenvalue weighted by Crippen LogP contribution is -2.42. The number of fused-ring (bicyclic) bond motifs is 2. The van der Waals surface area contributed by atoms with E-state index in [0.29, 0.717) is 19.1 Å². The summed E-state index contributed by atoms with van der Waals surface area (Å²) in [7, 11) is 2.12. The van der Waals surface area contributed by atoms with E-state index in [9.17, 15) is 4.79 Å². The number of para-hydroxylation sites is 2. The van der Waals surface area contributed by atoms with Crippen LogP contribution in [-0.4, -0.2) is 53.3 Å². The molecule has 1 aliphatic carbocycles. The highest BCUT2D eigenvalue weighted by molar-refractivity contribution is 7.08. The molecule has 2 aromatic heterocycles. The molecule has 3 aromatic rings. The van der Waals surface area contributed by atoms with Crippen molar-refractivity contribution >= 4 is 17.1 Å². The lowest BCUT2D eigenvalue weighted by molar-refractivity contribution is 0.0814. The summed E-state index contributed by atoms with van der Waals surface area (Å²) in [5.41, 5.74) is 4.04. The van der Waals surface area contributed by atoms with Crippen LogP contribution in [0.4, 0.5) is 0 Å². The third-order valence-electron chi connectivity index (χ3n) is 7.69. The molecule has 3 aliphatic rings. The van der Waals surface area contributed by atoms with Gasteiger partial charge in [-0.3, -0.25) is 19.7 Å².